The van der Waals surface area contributed by atoms with Gasteiger partial charge < -0.3 is 19.5 Å². The van der Waals surface area contributed by atoms with Gasteiger partial charge in [0.2, 0.25) is 5.91 Å². The Morgan fingerprint density at radius 2 is 1.81 bits per heavy atom. The van der Waals surface area contributed by atoms with Gasteiger partial charge in [0.05, 0.1) is 20.8 Å². The van der Waals surface area contributed by atoms with Gasteiger partial charge in [0, 0.05) is 13.0 Å². The molecule has 2 aromatic carbocycles. The maximum atomic E-state index is 11.9. The fourth-order valence-corrected chi connectivity index (χ4v) is 2.75. The summed E-state index contributed by atoms with van der Waals surface area (Å²) in [6, 6.07) is 13.8. The zero-order valence-corrected chi connectivity index (χ0v) is 16.4. The van der Waals surface area contributed by atoms with E-state index >= 15 is 0 Å². The average Bonchev–Trinajstić information content (AvgIpc) is 2.67. The van der Waals surface area contributed by atoms with Gasteiger partial charge in [0.1, 0.15) is 5.75 Å². The Balaban J connectivity index is 1.59. The summed E-state index contributed by atoms with van der Waals surface area (Å²) < 4.78 is 16.2. The standard InChI is InChI=1S/C22H29NO4/c1-17-7-6-8-19(15-17)27-14-5-4-9-22(24)23-13-12-18-10-11-20(25-2)21(16-18)26-3/h6-8,10-11,15-16H,4-5,9,12-14H2,1-3H3,(H,23,24). The summed E-state index contributed by atoms with van der Waals surface area (Å²) in [7, 11) is 3.23. The Bertz CT molecular complexity index is 730. The monoisotopic (exact) mass is 371 g/mol. The van der Waals surface area contributed by atoms with Gasteiger partial charge in [0.15, 0.2) is 11.5 Å². The molecule has 0 atom stereocenters. The predicted molar refractivity (Wildman–Crippen MR) is 107 cm³/mol. The Hall–Kier alpha value is -2.69. The molecule has 0 bridgehead atoms. The van der Waals surface area contributed by atoms with Crippen LogP contribution < -0.4 is 19.5 Å². The zero-order chi connectivity index (χ0) is 19.5. The van der Waals surface area contributed by atoms with Crippen LogP contribution in [-0.4, -0.2) is 33.3 Å². The second-order valence-electron chi connectivity index (χ2n) is 6.41. The highest BCUT2D eigenvalue weighted by Crippen LogP contribution is 2.27. The Labute approximate surface area is 161 Å². The third-order valence-electron chi connectivity index (χ3n) is 4.24. The molecule has 1 amide bonds. The van der Waals surface area contributed by atoms with Crippen LogP contribution in [0.15, 0.2) is 42.5 Å². The van der Waals surface area contributed by atoms with Crippen LogP contribution in [0.2, 0.25) is 0 Å². The van der Waals surface area contributed by atoms with Crippen LogP contribution >= 0.6 is 0 Å². The molecule has 5 nitrogen and oxygen atoms in total. The minimum absolute atomic E-state index is 0.0750. The van der Waals surface area contributed by atoms with Crippen LogP contribution in [0.3, 0.4) is 0 Å². The maximum absolute atomic E-state index is 11.9. The van der Waals surface area contributed by atoms with Gasteiger partial charge >= 0.3 is 0 Å². The smallest absolute Gasteiger partial charge is 0.220 e. The van der Waals surface area contributed by atoms with Crippen LogP contribution in [0.25, 0.3) is 0 Å². The van der Waals surface area contributed by atoms with Crippen LogP contribution in [0, 0.1) is 6.92 Å². The first kappa shape index (κ1) is 20.6. The number of ether oxygens (including phenoxy) is 3. The summed E-state index contributed by atoms with van der Waals surface area (Å²) in [4.78, 5) is 11.9. The summed E-state index contributed by atoms with van der Waals surface area (Å²) in [6.07, 6.45) is 2.94. The number of unbranched alkanes of at least 4 members (excludes halogenated alkanes) is 1. The molecule has 0 saturated carbocycles. The molecule has 0 unspecified atom stereocenters. The number of nitrogens with one attached hydrogen (secondary N) is 1. The van der Waals surface area contributed by atoms with Crippen LogP contribution in [-0.2, 0) is 11.2 Å². The molecule has 0 heterocycles. The van der Waals surface area contributed by atoms with Crippen LogP contribution in [0.4, 0.5) is 0 Å². The topological polar surface area (TPSA) is 56.8 Å². The lowest BCUT2D eigenvalue weighted by Gasteiger charge is -2.10. The number of hydrogen-bond acceptors (Lipinski definition) is 4. The Morgan fingerprint density at radius 1 is 1.00 bits per heavy atom. The molecule has 1 N–H and O–H groups in total. The lowest BCUT2D eigenvalue weighted by atomic mass is 10.1. The first-order chi connectivity index (χ1) is 13.1. The molecule has 5 heteroatoms. The van der Waals surface area contributed by atoms with Crippen molar-refractivity contribution in [3.63, 3.8) is 0 Å². The second-order valence-corrected chi connectivity index (χ2v) is 6.41. The molecule has 0 fully saturated rings. The number of methoxy groups -OCH3 is 2. The summed E-state index contributed by atoms with van der Waals surface area (Å²) in [5, 5.41) is 2.96. The fraction of sp³-hybridized carbons (Fsp3) is 0.409. The molecule has 0 aliphatic rings. The molecule has 2 aromatic rings. The second kappa shape index (κ2) is 11.1. The number of amides is 1. The molecule has 2 rings (SSSR count). The number of rotatable bonds is 11. The van der Waals surface area contributed by atoms with Gasteiger partial charge in [-0.25, -0.2) is 0 Å². The number of aryl methyl sites for hydroxylation is 1. The highest BCUT2D eigenvalue weighted by molar-refractivity contribution is 5.75. The van der Waals surface area contributed by atoms with Gasteiger partial charge in [-0.2, -0.15) is 0 Å². The first-order valence-electron chi connectivity index (χ1n) is 9.29. The summed E-state index contributed by atoms with van der Waals surface area (Å²) in [6.45, 7) is 3.27. The molecular weight excluding hydrogens is 342 g/mol. The SMILES string of the molecule is COc1ccc(CCNC(=O)CCCCOc2cccc(C)c2)cc1OC. The molecule has 0 aromatic heterocycles. The van der Waals surface area contributed by atoms with Gasteiger partial charge in [-0.1, -0.05) is 18.2 Å². The first-order valence-corrected chi connectivity index (χ1v) is 9.29. The number of hydrogen-bond donors (Lipinski definition) is 1. The average molecular weight is 371 g/mol. The van der Waals surface area contributed by atoms with Crippen LogP contribution in [0.1, 0.15) is 30.4 Å². The van der Waals surface area contributed by atoms with Gasteiger partial charge in [-0.05, 0) is 61.6 Å². The normalized spacial score (nSPS) is 10.3. The van der Waals surface area contributed by atoms with E-state index in [0.717, 1.165) is 30.6 Å². The van der Waals surface area contributed by atoms with Crippen molar-refractivity contribution in [2.24, 2.45) is 0 Å². The number of benzene rings is 2. The predicted octanol–water partition coefficient (Wildman–Crippen LogP) is 3.92. The van der Waals surface area contributed by atoms with Crippen molar-refractivity contribution in [2.45, 2.75) is 32.6 Å². The minimum atomic E-state index is 0.0750. The van der Waals surface area contributed by atoms with Crippen molar-refractivity contribution in [1.29, 1.82) is 0 Å². The van der Waals surface area contributed by atoms with Crippen LogP contribution in [0.5, 0.6) is 17.2 Å². The van der Waals surface area contributed by atoms with E-state index in [1.165, 1.54) is 5.56 Å². The van der Waals surface area contributed by atoms with E-state index in [1.807, 2.05) is 49.4 Å². The summed E-state index contributed by atoms with van der Waals surface area (Å²) in [5.41, 5.74) is 2.28. The minimum Gasteiger partial charge on any atom is -0.494 e. The van der Waals surface area contributed by atoms with E-state index < -0.39 is 0 Å². The Morgan fingerprint density at radius 3 is 2.56 bits per heavy atom. The molecule has 0 saturated heterocycles. The quantitative estimate of drug-likeness (QED) is 0.608. The molecule has 146 valence electrons. The van der Waals surface area contributed by atoms with E-state index in [2.05, 4.69) is 5.32 Å². The van der Waals surface area contributed by atoms with Gasteiger partial charge in [0.25, 0.3) is 0 Å². The number of carbonyl (C=O) groups excluding carboxylic acids is 1. The van der Waals surface area contributed by atoms with Crippen molar-refractivity contribution in [1.82, 2.24) is 5.32 Å². The third-order valence-corrected chi connectivity index (χ3v) is 4.24. The molecule has 0 spiro atoms. The Kier molecular flexibility index (Phi) is 8.49. The fourth-order valence-electron chi connectivity index (χ4n) is 2.75. The van der Waals surface area contributed by atoms with Crippen molar-refractivity contribution in [3.8, 4) is 17.2 Å². The lowest BCUT2D eigenvalue weighted by molar-refractivity contribution is -0.121. The van der Waals surface area contributed by atoms with Gasteiger partial charge in [-0.3, -0.25) is 4.79 Å². The van der Waals surface area contributed by atoms with E-state index in [0.29, 0.717) is 31.1 Å². The van der Waals surface area contributed by atoms with Crippen molar-refractivity contribution in [2.75, 3.05) is 27.4 Å². The van der Waals surface area contributed by atoms with E-state index in [1.54, 1.807) is 14.2 Å². The van der Waals surface area contributed by atoms with E-state index in [-0.39, 0.29) is 5.91 Å². The lowest BCUT2D eigenvalue weighted by Crippen LogP contribution is -2.25. The highest BCUT2D eigenvalue weighted by Gasteiger charge is 2.06. The zero-order valence-electron chi connectivity index (χ0n) is 16.4. The van der Waals surface area contributed by atoms with Crippen molar-refractivity contribution >= 4 is 5.91 Å². The molecular formula is C22H29NO4. The maximum Gasteiger partial charge on any atom is 0.220 e. The largest absolute Gasteiger partial charge is 0.494 e. The molecule has 0 radical (unpaired) electrons. The summed E-state index contributed by atoms with van der Waals surface area (Å²) >= 11 is 0. The molecule has 0 aliphatic carbocycles. The van der Waals surface area contributed by atoms with Crippen molar-refractivity contribution in [3.05, 3.63) is 53.6 Å². The van der Waals surface area contributed by atoms with E-state index in [4.69, 9.17) is 14.2 Å². The van der Waals surface area contributed by atoms with Crippen molar-refractivity contribution < 1.29 is 19.0 Å². The number of carbonyl (C=O) groups is 1. The third kappa shape index (κ3) is 7.21. The summed E-state index contributed by atoms with van der Waals surface area (Å²) in [5.74, 6) is 2.37. The molecule has 0 aliphatic heterocycles. The van der Waals surface area contributed by atoms with E-state index in [9.17, 15) is 4.79 Å². The van der Waals surface area contributed by atoms with Gasteiger partial charge in [-0.15, -0.1) is 0 Å². The highest BCUT2D eigenvalue weighted by atomic mass is 16.5. The molecule has 27 heavy (non-hydrogen) atoms.